The molecule has 7 N–H and O–H groups in total. The summed E-state index contributed by atoms with van der Waals surface area (Å²) in [5.41, 5.74) is 11.9. The van der Waals surface area contributed by atoms with E-state index in [1.54, 1.807) is 32.9 Å². The number of nitrogens with one attached hydrogen (secondary N) is 1. The standard InChI is InChI=1S/C14H19NO4.C9H11NO2.C7H8O3S.C2H5NO2/c1-14(2,3)19-13(17)15-9-12(16)18-10-11-7-5-4-6-8-11;10-6-9(11)12-7-8-4-2-1-3-5-8;1-6-2-4-7(5-3-6)11(8,9)10;3-1-2(4)5/h4-8H,9-10H2,1-3H3,(H,15,17);1-5H,6-7,10H2;2-5H,1H3,(H,8,9,10);1,3H2,(H,4,5). The van der Waals surface area contributed by atoms with Gasteiger partial charge >= 0.3 is 24.0 Å². The molecule has 14 nitrogen and oxygen atoms in total. The van der Waals surface area contributed by atoms with E-state index >= 15 is 0 Å². The van der Waals surface area contributed by atoms with Crippen molar-refractivity contribution in [1.29, 1.82) is 0 Å². The molecule has 3 aromatic carbocycles. The summed E-state index contributed by atoms with van der Waals surface area (Å²) in [5, 5.41) is 9.94. The second-order valence-corrected chi connectivity index (χ2v) is 11.7. The molecule has 15 heteroatoms. The number of aryl methyl sites for hydroxylation is 1. The van der Waals surface area contributed by atoms with Crippen molar-refractivity contribution in [3.8, 4) is 0 Å². The third-order valence-electron chi connectivity index (χ3n) is 4.92. The van der Waals surface area contributed by atoms with Crippen molar-refractivity contribution in [2.45, 2.75) is 51.4 Å². The van der Waals surface area contributed by atoms with Gasteiger partial charge in [-0.2, -0.15) is 8.42 Å². The number of benzene rings is 3. The first-order chi connectivity index (χ1) is 22.0. The van der Waals surface area contributed by atoms with Gasteiger partial charge in [0.25, 0.3) is 10.1 Å². The Morgan fingerprint density at radius 3 is 1.53 bits per heavy atom. The lowest BCUT2D eigenvalue weighted by atomic mass is 10.2. The van der Waals surface area contributed by atoms with Gasteiger partial charge in [0.05, 0.1) is 18.0 Å². The quantitative estimate of drug-likeness (QED) is 0.124. The molecule has 258 valence electrons. The predicted molar refractivity (Wildman–Crippen MR) is 173 cm³/mol. The van der Waals surface area contributed by atoms with Crippen LogP contribution < -0.4 is 16.8 Å². The van der Waals surface area contributed by atoms with Crippen molar-refractivity contribution < 1.29 is 51.5 Å². The van der Waals surface area contributed by atoms with E-state index in [1.165, 1.54) is 12.1 Å². The Morgan fingerprint density at radius 1 is 0.745 bits per heavy atom. The predicted octanol–water partition coefficient (Wildman–Crippen LogP) is 3.21. The van der Waals surface area contributed by atoms with E-state index in [9.17, 15) is 27.6 Å². The number of aliphatic carboxylic acids is 1. The Kier molecular flexibility index (Phi) is 20.3. The van der Waals surface area contributed by atoms with Crippen LogP contribution in [-0.2, 0) is 51.9 Å². The number of hydrogen-bond donors (Lipinski definition) is 5. The lowest BCUT2D eigenvalue weighted by Gasteiger charge is -2.19. The molecule has 1 amide bonds. The topological polar surface area (TPSA) is 235 Å². The van der Waals surface area contributed by atoms with E-state index < -0.39 is 33.8 Å². The molecule has 0 fully saturated rings. The van der Waals surface area contributed by atoms with Gasteiger partial charge < -0.3 is 36.1 Å². The average molecular weight is 678 g/mol. The summed E-state index contributed by atoms with van der Waals surface area (Å²) in [6.07, 6.45) is -0.635. The van der Waals surface area contributed by atoms with Crippen LogP contribution in [-0.4, -0.2) is 67.3 Å². The van der Waals surface area contributed by atoms with Crippen LogP contribution in [0.2, 0.25) is 0 Å². The van der Waals surface area contributed by atoms with E-state index in [-0.39, 0.29) is 37.1 Å². The molecule has 0 heterocycles. The Bertz CT molecular complexity index is 1460. The van der Waals surface area contributed by atoms with Crippen molar-refractivity contribution in [2.24, 2.45) is 11.5 Å². The maximum atomic E-state index is 11.4. The number of carbonyl (C=O) groups excluding carboxylic acids is 3. The van der Waals surface area contributed by atoms with Crippen LogP contribution >= 0.6 is 0 Å². The minimum Gasteiger partial charge on any atom is -0.480 e. The fourth-order valence-corrected chi connectivity index (χ4v) is 3.23. The number of carbonyl (C=O) groups is 4. The highest BCUT2D eigenvalue weighted by Crippen LogP contribution is 2.09. The molecule has 47 heavy (non-hydrogen) atoms. The van der Waals surface area contributed by atoms with Gasteiger partial charge in [0.15, 0.2) is 0 Å². The van der Waals surface area contributed by atoms with Crippen LogP contribution in [0, 0.1) is 6.92 Å². The summed E-state index contributed by atoms with van der Waals surface area (Å²) in [7, 11) is -4.02. The molecule has 3 aromatic rings. The average Bonchev–Trinajstić information content (AvgIpc) is 3.02. The highest BCUT2D eigenvalue weighted by Gasteiger charge is 2.16. The number of hydrogen-bond acceptors (Lipinski definition) is 11. The van der Waals surface area contributed by atoms with Crippen molar-refractivity contribution in [2.75, 3.05) is 19.6 Å². The van der Waals surface area contributed by atoms with E-state index in [2.05, 4.69) is 11.1 Å². The number of carboxylic acid groups (broad SMARTS) is 1. The van der Waals surface area contributed by atoms with Gasteiger partial charge in [-0.05, 0) is 51.0 Å². The molecular formula is C32H43N3O11S. The highest BCUT2D eigenvalue weighted by atomic mass is 32.2. The Balaban J connectivity index is 0.000000654. The Hall–Kier alpha value is -4.83. The number of esters is 2. The van der Waals surface area contributed by atoms with Gasteiger partial charge in [-0.15, -0.1) is 0 Å². The summed E-state index contributed by atoms with van der Waals surface area (Å²) < 4.78 is 44.4. The molecule has 0 saturated carbocycles. The highest BCUT2D eigenvalue weighted by molar-refractivity contribution is 7.85. The first-order valence-corrected chi connectivity index (χ1v) is 15.4. The lowest BCUT2D eigenvalue weighted by molar-refractivity contribution is -0.144. The monoisotopic (exact) mass is 677 g/mol. The zero-order valence-electron chi connectivity index (χ0n) is 26.8. The number of nitrogens with two attached hydrogens (primary N) is 2. The molecule has 0 aliphatic rings. The van der Waals surface area contributed by atoms with Gasteiger partial charge in [-0.1, -0.05) is 78.4 Å². The summed E-state index contributed by atoms with van der Waals surface area (Å²) >= 11 is 0. The second-order valence-electron chi connectivity index (χ2n) is 10.2. The van der Waals surface area contributed by atoms with Gasteiger partial charge in [0, 0.05) is 0 Å². The maximum Gasteiger partial charge on any atom is 0.408 e. The van der Waals surface area contributed by atoms with Crippen LogP contribution in [0.25, 0.3) is 0 Å². The summed E-state index contributed by atoms with van der Waals surface area (Å²) in [6, 6.07) is 24.8. The smallest absolute Gasteiger partial charge is 0.408 e. The van der Waals surface area contributed by atoms with Crippen molar-refractivity contribution in [3.05, 3.63) is 102 Å². The van der Waals surface area contributed by atoms with Crippen molar-refractivity contribution in [1.82, 2.24) is 5.32 Å². The molecule has 0 spiro atoms. The van der Waals surface area contributed by atoms with E-state index in [1.807, 2.05) is 67.6 Å². The number of rotatable bonds is 9. The molecule has 0 atom stereocenters. The van der Waals surface area contributed by atoms with E-state index in [4.69, 9.17) is 29.6 Å². The molecule has 0 aromatic heterocycles. The number of amides is 1. The third-order valence-corrected chi connectivity index (χ3v) is 5.79. The zero-order chi connectivity index (χ0) is 35.9. The number of carboxylic acids is 1. The summed E-state index contributed by atoms with van der Waals surface area (Å²) in [4.78, 5) is 42.5. The van der Waals surface area contributed by atoms with Gasteiger partial charge in [0.2, 0.25) is 0 Å². The SMILES string of the molecule is CC(C)(C)OC(=O)NCC(=O)OCc1ccccc1.Cc1ccc(S(=O)(=O)O)cc1.NCC(=O)O.NCC(=O)OCc1ccccc1. The third kappa shape index (κ3) is 24.1. The van der Waals surface area contributed by atoms with Crippen LogP contribution in [0.1, 0.15) is 37.5 Å². The normalized spacial score (nSPS) is 10.2. The second kappa shape index (κ2) is 22.6. The molecular weight excluding hydrogens is 634 g/mol. The van der Waals surface area contributed by atoms with Crippen LogP contribution in [0.5, 0.6) is 0 Å². The molecule has 0 saturated heterocycles. The van der Waals surface area contributed by atoms with Crippen molar-refractivity contribution >= 4 is 34.1 Å². The maximum absolute atomic E-state index is 11.4. The Labute approximate surface area is 274 Å². The van der Waals surface area contributed by atoms with Crippen LogP contribution in [0.4, 0.5) is 4.79 Å². The first kappa shape index (κ1) is 42.2. The van der Waals surface area contributed by atoms with E-state index in [0.29, 0.717) is 6.61 Å². The van der Waals surface area contributed by atoms with Gasteiger partial charge in [0.1, 0.15) is 25.4 Å². The minimum absolute atomic E-state index is 0.0627. The molecule has 0 radical (unpaired) electrons. The summed E-state index contributed by atoms with van der Waals surface area (Å²) in [6.45, 7) is 7.04. The van der Waals surface area contributed by atoms with Crippen LogP contribution in [0.3, 0.4) is 0 Å². The van der Waals surface area contributed by atoms with Crippen molar-refractivity contribution in [3.63, 3.8) is 0 Å². The summed E-state index contributed by atoms with van der Waals surface area (Å²) in [5.74, 6) is -1.85. The number of ether oxygens (including phenoxy) is 3. The molecule has 0 unspecified atom stereocenters. The zero-order valence-corrected chi connectivity index (χ0v) is 27.6. The number of alkyl carbamates (subject to hydrolysis) is 1. The van der Waals surface area contributed by atoms with E-state index in [0.717, 1.165) is 16.7 Å². The fraction of sp³-hybridized carbons (Fsp3) is 0.312. The molecule has 0 aliphatic carbocycles. The van der Waals surface area contributed by atoms with Gasteiger partial charge in [-0.3, -0.25) is 18.9 Å². The van der Waals surface area contributed by atoms with Crippen LogP contribution in [0.15, 0.2) is 89.8 Å². The largest absolute Gasteiger partial charge is 0.480 e. The fourth-order valence-electron chi connectivity index (χ4n) is 2.75. The molecule has 0 bridgehead atoms. The molecule has 3 rings (SSSR count). The van der Waals surface area contributed by atoms with Gasteiger partial charge in [-0.25, -0.2) is 4.79 Å². The Morgan fingerprint density at radius 2 is 1.17 bits per heavy atom. The minimum atomic E-state index is -4.02. The lowest BCUT2D eigenvalue weighted by Crippen LogP contribution is -2.36. The first-order valence-electron chi connectivity index (χ1n) is 14.0. The molecule has 0 aliphatic heterocycles.